The van der Waals surface area contributed by atoms with Gasteiger partial charge in [-0.3, -0.25) is 4.57 Å². The standard InChI is InChI=1S/C31H40NO7P/c1-3-28-29(32-20-23(2)33)15-8-16-30(28)38-22-31(40(34,35)36)17-9-14-27(19-31)39-26-13-7-12-25(18-26)37-21-24-10-5-4-6-11-24/h4-8,10-13,15-16,18,23,27,32-33H,3,9,14,17,19-22H2,1-2H3,(H2,34,35,36). The average molecular weight is 570 g/mol. The highest BCUT2D eigenvalue weighted by atomic mass is 31.2. The van der Waals surface area contributed by atoms with Crippen LogP contribution in [0.5, 0.6) is 17.2 Å². The normalized spacial score (nSPS) is 20.0. The van der Waals surface area contributed by atoms with Crippen LogP contribution in [0.4, 0.5) is 5.69 Å². The predicted molar refractivity (Wildman–Crippen MR) is 156 cm³/mol. The number of hydrogen-bond donors (Lipinski definition) is 4. The molecule has 3 unspecified atom stereocenters. The van der Waals surface area contributed by atoms with E-state index in [0.29, 0.717) is 56.1 Å². The maximum Gasteiger partial charge on any atom is 0.335 e. The minimum Gasteiger partial charge on any atom is -0.492 e. The molecule has 0 spiro atoms. The molecule has 3 aromatic carbocycles. The van der Waals surface area contributed by atoms with Gasteiger partial charge in [0.25, 0.3) is 0 Å². The van der Waals surface area contributed by atoms with Crippen LogP contribution in [0.15, 0.2) is 72.8 Å². The molecule has 0 heterocycles. The highest BCUT2D eigenvalue weighted by molar-refractivity contribution is 7.53. The molecular formula is C31H40NO7P. The maximum atomic E-state index is 12.9. The fourth-order valence-corrected chi connectivity index (χ4v) is 6.26. The lowest BCUT2D eigenvalue weighted by atomic mass is 9.86. The third-order valence-corrected chi connectivity index (χ3v) is 9.09. The minimum atomic E-state index is -4.55. The number of benzene rings is 3. The van der Waals surface area contributed by atoms with E-state index in [9.17, 15) is 19.5 Å². The SMILES string of the molecule is CCc1c(NCC(C)O)cccc1OCC1(P(=O)(O)O)CCCC(Oc2cccc(OCc3ccccc3)c2)C1. The van der Waals surface area contributed by atoms with Crippen molar-refractivity contribution >= 4 is 13.3 Å². The first kappa shape index (κ1) is 29.9. The second-order valence-corrected chi connectivity index (χ2v) is 12.5. The lowest BCUT2D eigenvalue weighted by Crippen LogP contribution is -2.44. The summed E-state index contributed by atoms with van der Waals surface area (Å²) in [6.45, 7) is 4.40. The Morgan fingerprint density at radius 1 is 1.02 bits per heavy atom. The van der Waals surface area contributed by atoms with E-state index in [2.05, 4.69) is 5.32 Å². The minimum absolute atomic E-state index is 0.121. The summed E-state index contributed by atoms with van der Waals surface area (Å²) in [6.07, 6.45) is 1.60. The molecule has 1 saturated carbocycles. The van der Waals surface area contributed by atoms with Crippen LogP contribution < -0.4 is 19.5 Å². The fraction of sp³-hybridized carbons (Fsp3) is 0.419. The number of aliphatic hydroxyl groups is 1. The highest BCUT2D eigenvalue weighted by Crippen LogP contribution is 2.58. The van der Waals surface area contributed by atoms with Crippen LogP contribution in [-0.4, -0.2) is 45.4 Å². The lowest BCUT2D eigenvalue weighted by Gasteiger charge is -2.40. The maximum absolute atomic E-state index is 12.9. The zero-order chi connectivity index (χ0) is 28.6. The first-order chi connectivity index (χ1) is 19.2. The van der Waals surface area contributed by atoms with Crippen LogP contribution in [0.2, 0.25) is 0 Å². The van der Waals surface area contributed by atoms with Gasteiger partial charge in [0.1, 0.15) is 35.6 Å². The summed E-state index contributed by atoms with van der Waals surface area (Å²) in [6, 6.07) is 22.8. The van der Waals surface area contributed by atoms with Gasteiger partial charge in [-0.05, 0) is 62.4 Å². The van der Waals surface area contributed by atoms with Gasteiger partial charge < -0.3 is 34.4 Å². The zero-order valence-corrected chi connectivity index (χ0v) is 24.1. The van der Waals surface area contributed by atoms with Gasteiger partial charge >= 0.3 is 7.60 Å². The number of nitrogens with one attached hydrogen (secondary N) is 1. The Hall–Kier alpha value is -3.03. The summed E-state index contributed by atoms with van der Waals surface area (Å²) >= 11 is 0. The van der Waals surface area contributed by atoms with Gasteiger partial charge in [0.2, 0.25) is 0 Å². The summed E-state index contributed by atoms with van der Waals surface area (Å²) in [5, 5.41) is 11.5. The topological polar surface area (TPSA) is 117 Å². The summed E-state index contributed by atoms with van der Waals surface area (Å²) in [5.41, 5.74) is 2.80. The number of aliphatic hydroxyl groups excluding tert-OH is 1. The molecule has 0 bridgehead atoms. The molecule has 3 atom stereocenters. The molecule has 0 saturated heterocycles. The van der Waals surface area contributed by atoms with Crippen LogP contribution in [-0.2, 0) is 17.6 Å². The van der Waals surface area contributed by atoms with Gasteiger partial charge in [0.15, 0.2) is 0 Å². The molecule has 3 aromatic rings. The first-order valence-electron chi connectivity index (χ1n) is 13.8. The van der Waals surface area contributed by atoms with E-state index in [4.69, 9.17) is 14.2 Å². The molecule has 1 aliphatic rings. The molecule has 4 N–H and O–H groups in total. The Kier molecular flexibility index (Phi) is 10.1. The Balaban J connectivity index is 1.45. The molecule has 40 heavy (non-hydrogen) atoms. The molecule has 9 heteroatoms. The second-order valence-electron chi connectivity index (χ2n) is 10.5. The van der Waals surface area contributed by atoms with Crippen molar-refractivity contribution < 1.29 is 33.7 Å². The summed E-state index contributed by atoms with van der Waals surface area (Å²) < 4.78 is 31.2. The van der Waals surface area contributed by atoms with E-state index in [-0.39, 0.29) is 19.1 Å². The zero-order valence-electron chi connectivity index (χ0n) is 23.2. The van der Waals surface area contributed by atoms with Crippen LogP contribution in [0.1, 0.15) is 50.7 Å². The summed E-state index contributed by atoms with van der Waals surface area (Å²) in [4.78, 5) is 21.0. The van der Waals surface area contributed by atoms with Crippen molar-refractivity contribution in [1.29, 1.82) is 0 Å². The molecule has 0 radical (unpaired) electrons. The van der Waals surface area contributed by atoms with Crippen LogP contribution in [0.25, 0.3) is 0 Å². The molecule has 1 fully saturated rings. The molecule has 1 aliphatic carbocycles. The van der Waals surface area contributed by atoms with Gasteiger partial charge in [-0.15, -0.1) is 0 Å². The molecule has 0 amide bonds. The molecule has 8 nitrogen and oxygen atoms in total. The fourth-order valence-electron chi connectivity index (χ4n) is 5.14. The lowest BCUT2D eigenvalue weighted by molar-refractivity contribution is 0.0970. The van der Waals surface area contributed by atoms with Gasteiger partial charge in [0.05, 0.1) is 12.2 Å². The van der Waals surface area contributed by atoms with Crippen LogP contribution in [0, 0.1) is 0 Å². The first-order valence-corrected chi connectivity index (χ1v) is 15.5. The largest absolute Gasteiger partial charge is 0.492 e. The van der Waals surface area contributed by atoms with Crippen molar-refractivity contribution in [2.24, 2.45) is 0 Å². The van der Waals surface area contributed by atoms with Crippen molar-refractivity contribution in [2.45, 2.75) is 69.9 Å². The van der Waals surface area contributed by atoms with E-state index in [1.165, 1.54) is 0 Å². The molecule has 216 valence electrons. The monoisotopic (exact) mass is 569 g/mol. The van der Waals surface area contributed by atoms with Crippen molar-refractivity contribution in [2.75, 3.05) is 18.5 Å². The van der Waals surface area contributed by atoms with E-state index >= 15 is 0 Å². The van der Waals surface area contributed by atoms with Crippen molar-refractivity contribution in [3.8, 4) is 17.2 Å². The van der Waals surface area contributed by atoms with Crippen molar-refractivity contribution in [1.82, 2.24) is 0 Å². The Morgan fingerprint density at radius 2 is 1.77 bits per heavy atom. The van der Waals surface area contributed by atoms with E-state index in [1.54, 1.807) is 6.92 Å². The Morgan fingerprint density at radius 3 is 2.50 bits per heavy atom. The molecular weight excluding hydrogens is 529 g/mol. The summed E-state index contributed by atoms with van der Waals surface area (Å²) in [5.74, 6) is 1.85. The van der Waals surface area contributed by atoms with Crippen LogP contribution in [0.3, 0.4) is 0 Å². The Bertz CT molecular complexity index is 1280. The smallest absolute Gasteiger partial charge is 0.335 e. The average Bonchev–Trinajstić information content (AvgIpc) is 2.94. The second kappa shape index (κ2) is 13.6. The van der Waals surface area contributed by atoms with Gasteiger partial charge in [-0.25, -0.2) is 0 Å². The van der Waals surface area contributed by atoms with Crippen LogP contribution >= 0.6 is 7.60 Å². The van der Waals surface area contributed by atoms with E-state index in [0.717, 1.165) is 16.8 Å². The number of hydrogen-bond acceptors (Lipinski definition) is 6. The van der Waals surface area contributed by atoms with E-state index < -0.39 is 18.9 Å². The third-order valence-electron chi connectivity index (χ3n) is 7.32. The summed E-state index contributed by atoms with van der Waals surface area (Å²) in [7, 11) is -4.55. The van der Waals surface area contributed by atoms with Crippen molar-refractivity contribution in [3.05, 3.63) is 83.9 Å². The van der Waals surface area contributed by atoms with Gasteiger partial charge in [0, 0.05) is 30.3 Å². The van der Waals surface area contributed by atoms with Crippen molar-refractivity contribution in [3.63, 3.8) is 0 Å². The third kappa shape index (κ3) is 7.79. The highest BCUT2D eigenvalue weighted by Gasteiger charge is 2.51. The van der Waals surface area contributed by atoms with E-state index in [1.807, 2.05) is 79.7 Å². The Labute approximate surface area is 236 Å². The molecule has 4 rings (SSSR count). The molecule has 0 aromatic heterocycles. The predicted octanol–water partition coefficient (Wildman–Crippen LogP) is 5.94. The number of rotatable bonds is 13. The number of ether oxygens (including phenoxy) is 3. The van der Waals surface area contributed by atoms with Gasteiger partial charge in [-0.2, -0.15) is 0 Å². The van der Waals surface area contributed by atoms with Gasteiger partial charge in [-0.1, -0.05) is 49.4 Å². The quantitative estimate of drug-likeness (QED) is 0.187. The molecule has 0 aliphatic heterocycles. The number of anilines is 1.